The van der Waals surface area contributed by atoms with Crippen molar-refractivity contribution in [3.63, 3.8) is 0 Å². The van der Waals surface area contributed by atoms with Gasteiger partial charge >= 0.3 is 0 Å². The van der Waals surface area contributed by atoms with Crippen molar-refractivity contribution in [2.24, 2.45) is 0 Å². The Morgan fingerprint density at radius 3 is 2.65 bits per heavy atom. The fraction of sp³-hybridized carbons (Fsp3) is 0.357. The van der Waals surface area contributed by atoms with E-state index in [9.17, 15) is 4.79 Å². The van der Waals surface area contributed by atoms with Crippen LogP contribution in [-0.4, -0.2) is 24.2 Å². The van der Waals surface area contributed by atoms with Gasteiger partial charge in [-0.05, 0) is 30.7 Å². The van der Waals surface area contributed by atoms with Crippen molar-refractivity contribution in [1.82, 2.24) is 5.32 Å². The number of rotatable bonds is 4. The van der Waals surface area contributed by atoms with Gasteiger partial charge in [-0.15, -0.1) is 0 Å². The van der Waals surface area contributed by atoms with Crippen LogP contribution in [0.1, 0.15) is 35.7 Å². The van der Waals surface area contributed by atoms with Crippen molar-refractivity contribution < 1.29 is 9.90 Å². The number of aliphatic hydroxyl groups excluding tert-OH is 1. The molecule has 2 N–H and O–H groups in total. The van der Waals surface area contributed by atoms with E-state index in [1.54, 1.807) is 24.3 Å². The summed E-state index contributed by atoms with van der Waals surface area (Å²) in [4.78, 5) is 11.7. The Bertz CT molecular complexity index is 412. The molecule has 1 aromatic carbocycles. The van der Waals surface area contributed by atoms with Gasteiger partial charge in [-0.25, -0.2) is 0 Å². The van der Waals surface area contributed by atoms with Crippen LogP contribution in [0.25, 0.3) is 0 Å². The first-order valence-corrected chi connectivity index (χ1v) is 5.76. The summed E-state index contributed by atoms with van der Waals surface area (Å²) in [5.41, 5.74) is 1.43. The lowest BCUT2D eigenvalue weighted by Gasteiger charge is -2.03. The molecule has 1 aromatic rings. The number of aliphatic hydroxyl groups is 1. The van der Waals surface area contributed by atoms with Crippen LogP contribution in [0.3, 0.4) is 0 Å². The molecule has 0 spiro atoms. The van der Waals surface area contributed by atoms with Crippen molar-refractivity contribution in [2.45, 2.75) is 19.8 Å². The number of carbonyl (C=O) groups is 1. The van der Waals surface area contributed by atoms with Crippen LogP contribution in [0.15, 0.2) is 24.3 Å². The minimum Gasteiger partial charge on any atom is -0.384 e. The van der Waals surface area contributed by atoms with Gasteiger partial charge in [-0.2, -0.15) is 0 Å². The zero-order chi connectivity index (χ0) is 12.5. The fourth-order valence-corrected chi connectivity index (χ4v) is 1.33. The standard InChI is InChI=1S/C14H17NO2/c1-2-3-10-15-14(17)13-8-6-12(7-9-13)5-4-11-16/h6-9,16H,2-3,10-11H2,1H3,(H,15,17). The quantitative estimate of drug-likeness (QED) is 0.610. The third-order valence-electron chi connectivity index (χ3n) is 2.27. The molecule has 0 aliphatic rings. The Labute approximate surface area is 102 Å². The van der Waals surface area contributed by atoms with Crippen molar-refractivity contribution in [1.29, 1.82) is 0 Å². The van der Waals surface area contributed by atoms with Gasteiger partial charge in [-0.1, -0.05) is 25.2 Å². The summed E-state index contributed by atoms with van der Waals surface area (Å²) in [6, 6.07) is 7.03. The number of carbonyl (C=O) groups excluding carboxylic acids is 1. The molecule has 90 valence electrons. The van der Waals surface area contributed by atoms with E-state index in [-0.39, 0.29) is 12.5 Å². The minimum atomic E-state index is -0.154. The molecule has 0 aromatic heterocycles. The van der Waals surface area contributed by atoms with Crippen molar-refractivity contribution in [2.75, 3.05) is 13.2 Å². The number of hydrogen-bond donors (Lipinski definition) is 2. The molecule has 0 bridgehead atoms. The van der Waals surface area contributed by atoms with Gasteiger partial charge < -0.3 is 10.4 Å². The smallest absolute Gasteiger partial charge is 0.251 e. The molecule has 0 aliphatic carbocycles. The summed E-state index contributed by atoms with van der Waals surface area (Å²) in [6.45, 7) is 2.64. The van der Waals surface area contributed by atoms with Crippen LogP contribution in [0.5, 0.6) is 0 Å². The number of benzene rings is 1. The molecule has 0 saturated heterocycles. The van der Waals surface area contributed by atoms with Crippen molar-refractivity contribution in [3.8, 4) is 11.8 Å². The second kappa shape index (κ2) is 7.48. The predicted molar refractivity (Wildman–Crippen MR) is 67.6 cm³/mol. The van der Waals surface area contributed by atoms with Gasteiger partial charge in [0.25, 0.3) is 5.91 Å². The lowest BCUT2D eigenvalue weighted by atomic mass is 10.1. The maximum Gasteiger partial charge on any atom is 0.251 e. The van der Waals surface area contributed by atoms with Crippen molar-refractivity contribution in [3.05, 3.63) is 35.4 Å². The fourth-order valence-electron chi connectivity index (χ4n) is 1.33. The van der Waals surface area contributed by atoms with E-state index in [1.165, 1.54) is 0 Å². The monoisotopic (exact) mass is 231 g/mol. The second-order valence-corrected chi connectivity index (χ2v) is 3.65. The Kier molecular flexibility index (Phi) is 5.84. The molecule has 0 fully saturated rings. The molecule has 1 rings (SSSR count). The largest absolute Gasteiger partial charge is 0.384 e. The normalized spacial score (nSPS) is 9.29. The molecule has 0 saturated carbocycles. The Balaban J connectivity index is 2.57. The van der Waals surface area contributed by atoms with E-state index < -0.39 is 0 Å². The van der Waals surface area contributed by atoms with Crippen LogP contribution in [-0.2, 0) is 0 Å². The van der Waals surface area contributed by atoms with Gasteiger partial charge in [0, 0.05) is 17.7 Å². The SMILES string of the molecule is CCCCNC(=O)c1ccc(C#CCO)cc1. The van der Waals surface area contributed by atoms with E-state index in [0.29, 0.717) is 12.1 Å². The van der Waals surface area contributed by atoms with E-state index >= 15 is 0 Å². The first-order chi connectivity index (χ1) is 8.27. The average Bonchev–Trinajstić information content (AvgIpc) is 2.37. The number of hydrogen-bond acceptors (Lipinski definition) is 2. The summed E-state index contributed by atoms with van der Waals surface area (Å²) in [6.07, 6.45) is 2.06. The molecule has 17 heavy (non-hydrogen) atoms. The van der Waals surface area contributed by atoms with E-state index in [4.69, 9.17) is 5.11 Å². The third kappa shape index (κ3) is 4.71. The maximum atomic E-state index is 11.7. The highest BCUT2D eigenvalue weighted by Crippen LogP contribution is 2.03. The molecule has 0 unspecified atom stereocenters. The summed E-state index contributed by atoms with van der Waals surface area (Å²) in [5.74, 6) is 5.29. The average molecular weight is 231 g/mol. The summed E-state index contributed by atoms with van der Waals surface area (Å²) >= 11 is 0. The second-order valence-electron chi connectivity index (χ2n) is 3.65. The van der Waals surface area contributed by atoms with Gasteiger partial charge in [0.2, 0.25) is 0 Å². The Morgan fingerprint density at radius 1 is 1.35 bits per heavy atom. The van der Waals surface area contributed by atoms with Crippen LogP contribution < -0.4 is 5.32 Å². The topological polar surface area (TPSA) is 49.3 Å². The number of unbranched alkanes of at least 4 members (excludes halogenated alkanes) is 1. The van der Waals surface area contributed by atoms with Gasteiger partial charge in [-0.3, -0.25) is 4.79 Å². The molecular weight excluding hydrogens is 214 g/mol. The maximum absolute atomic E-state index is 11.7. The number of amides is 1. The first kappa shape index (κ1) is 13.3. The lowest BCUT2D eigenvalue weighted by Crippen LogP contribution is -2.24. The highest BCUT2D eigenvalue weighted by atomic mass is 16.2. The van der Waals surface area contributed by atoms with E-state index in [2.05, 4.69) is 24.1 Å². The summed E-state index contributed by atoms with van der Waals surface area (Å²) in [5, 5.41) is 11.4. The zero-order valence-corrected chi connectivity index (χ0v) is 9.99. The molecular formula is C14H17NO2. The first-order valence-electron chi connectivity index (χ1n) is 5.76. The zero-order valence-electron chi connectivity index (χ0n) is 9.99. The molecule has 0 radical (unpaired) electrons. The highest BCUT2D eigenvalue weighted by Gasteiger charge is 2.03. The van der Waals surface area contributed by atoms with Crippen LogP contribution in [0.4, 0.5) is 0 Å². The van der Waals surface area contributed by atoms with Gasteiger partial charge in [0.1, 0.15) is 6.61 Å². The van der Waals surface area contributed by atoms with Gasteiger partial charge in [0.05, 0.1) is 0 Å². The Morgan fingerprint density at radius 2 is 2.06 bits per heavy atom. The summed E-state index contributed by atoms with van der Waals surface area (Å²) < 4.78 is 0. The molecule has 3 heteroatoms. The molecule has 0 atom stereocenters. The lowest BCUT2D eigenvalue weighted by molar-refractivity contribution is 0.0953. The number of nitrogens with one attached hydrogen (secondary N) is 1. The van der Waals surface area contributed by atoms with Crippen LogP contribution in [0, 0.1) is 11.8 Å². The molecule has 0 aliphatic heterocycles. The third-order valence-corrected chi connectivity index (χ3v) is 2.27. The molecule has 3 nitrogen and oxygen atoms in total. The van der Waals surface area contributed by atoms with Crippen molar-refractivity contribution >= 4 is 5.91 Å². The van der Waals surface area contributed by atoms with E-state index in [0.717, 1.165) is 18.4 Å². The molecule has 0 heterocycles. The van der Waals surface area contributed by atoms with E-state index in [1.807, 2.05) is 0 Å². The van der Waals surface area contributed by atoms with Crippen LogP contribution in [0.2, 0.25) is 0 Å². The Hall–Kier alpha value is -1.79. The highest BCUT2D eigenvalue weighted by molar-refractivity contribution is 5.94. The summed E-state index contributed by atoms with van der Waals surface area (Å²) in [7, 11) is 0. The minimum absolute atomic E-state index is 0.0554. The molecule has 1 amide bonds. The van der Waals surface area contributed by atoms with Gasteiger partial charge in [0.15, 0.2) is 0 Å². The van der Waals surface area contributed by atoms with Crippen LogP contribution >= 0.6 is 0 Å². The predicted octanol–water partition coefficient (Wildman–Crippen LogP) is 1.56.